The Kier molecular flexibility index (Phi) is 22.1. The molecular formula is C24H44. The number of unbranched alkanes of at least 4 members (excludes halogenated alkanes) is 20. The first-order valence-corrected chi connectivity index (χ1v) is 11.1. The highest BCUT2D eigenvalue weighted by atomic mass is 14.0. The maximum Gasteiger partial charge on any atom is 0.00989 e. The van der Waals surface area contributed by atoms with E-state index in [0.29, 0.717) is 0 Å². The summed E-state index contributed by atoms with van der Waals surface area (Å²) in [5.41, 5.74) is 0. The minimum atomic E-state index is 0.858. The molecule has 140 valence electrons. The number of hydrogen-bond donors (Lipinski definition) is 0. The van der Waals surface area contributed by atoms with Gasteiger partial charge in [-0.15, -0.1) is 0 Å². The van der Waals surface area contributed by atoms with Crippen molar-refractivity contribution in [2.24, 2.45) is 0 Å². The summed E-state index contributed by atoms with van der Waals surface area (Å²) in [6, 6.07) is 0. The van der Waals surface area contributed by atoms with Crippen LogP contribution in [-0.4, -0.2) is 0 Å². The standard InChI is InChI=1S/C24H44/c1-3-5-7-9-11-13-15-17-19-21-23-24-22-20-18-16-14-12-10-8-6-4-2/h1,3,5-24H2. The molecule has 0 saturated carbocycles. The minimum absolute atomic E-state index is 0.858. The first-order valence-electron chi connectivity index (χ1n) is 11.1. The molecule has 0 heterocycles. The van der Waals surface area contributed by atoms with Gasteiger partial charge in [0.05, 0.1) is 0 Å². The molecule has 0 aliphatic heterocycles. The van der Waals surface area contributed by atoms with Crippen LogP contribution in [0.5, 0.6) is 0 Å². The van der Waals surface area contributed by atoms with Crippen molar-refractivity contribution in [2.75, 3.05) is 0 Å². The Morgan fingerprint density at radius 1 is 0.417 bits per heavy atom. The van der Waals surface area contributed by atoms with Gasteiger partial charge in [0.15, 0.2) is 0 Å². The zero-order valence-corrected chi connectivity index (χ0v) is 16.6. The Balaban J connectivity index is 2.94. The lowest BCUT2D eigenvalue weighted by atomic mass is 10.0. The van der Waals surface area contributed by atoms with Gasteiger partial charge in [0.25, 0.3) is 0 Å². The van der Waals surface area contributed by atoms with Gasteiger partial charge in [-0.2, -0.15) is 0 Å². The van der Waals surface area contributed by atoms with E-state index in [9.17, 15) is 0 Å². The van der Waals surface area contributed by atoms with Crippen LogP contribution < -0.4 is 0 Å². The molecule has 24 heavy (non-hydrogen) atoms. The quantitative estimate of drug-likeness (QED) is 0.155. The topological polar surface area (TPSA) is 0 Å². The summed E-state index contributed by atoms with van der Waals surface area (Å²) in [4.78, 5) is 0. The monoisotopic (exact) mass is 332 g/mol. The van der Waals surface area contributed by atoms with Gasteiger partial charge in [-0.3, -0.25) is 0 Å². The van der Waals surface area contributed by atoms with Crippen LogP contribution >= 0.6 is 0 Å². The van der Waals surface area contributed by atoms with Gasteiger partial charge in [-0.25, -0.2) is 0 Å². The van der Waals surface area contributed by atoms with E-state index in [0.717, 1.165) is 12.8 Å². The second-order valence-corrected chi connectivity index (χ2v) is 7.50. The molecule has 0 spiro atoms. The van der Waals surface area contributed by atoms with E-state index in [2.05, 4.69) is 12.8 Å². The van der Waals surface area contributed by atoms with Gasteiger partial charge in [0, 0.05) is 6.42 Å². The lowest BCUT2D eigenvalue weighted by Crippen LogP contribution is -1.84. The molecule has 0 aromatic heterocycles. The largest absolute Gasteiger partial charge is 0.0891 e. The molecular weight excluding hydrogens is 288 g/mol. The van der Waals surface area contributed by atoms with Crippen LogP contribution in [0, 0.1) is 19.3 Å². The second-order valence-electron chi connectivity index (χ2n) is 7.50. The SMILES string of the molecule is [C]#CCCCCCCCCCCCCCCCCCCCCC[CH2]. The molecule has 0 bridgehead atoms. The fourth-order valence-electron chi connectivity index (χ4n) is 3.40. The Morgan fingerprint density at radius 3 is 0.917 bits per heavy atom. The molecule has 0 aromatic carbocycles. The zero-order valence-electron chi connectivity index (χ0n) is 16.6. The predicted octanol–water partition coefficient (Wildman–Crippen LogP) is 8.60. The van der Waals surface area contributed by atoms with Crippen molar-refractivity contribution in [2.45, 2.75) is 135 Å². The van der Waals surface area contributed by atoms with Crippen molar-refractivity contribution in [1.29, 1.82) is 0 Å². The molecule has 0 amide bonds. The van der Waals surface area contributed by atoms with Crippen molar-refractivity contribution < 1.29 is 0 Å². The summed E-state index contributed by atoms with van der Waals surface area (Å²) in [5, 5.41) is 0. The molecule has 0 saturated heterocycles. The molecule has 0 atom stereocenters. The van der Waals surface area contributed by atoms with E-state index in [1.807, 2.05) is 0 Å². The Labute approximate surface area is 154 Å². The molecule has 0 aliphatic rings. The van der Waals surface area contributed by atoms with Gasteiger partial charge in [0.1, 0.15) is 0 Å². The number of rotatable bonds is 20. The normalized spacial score (nSPS) is 10.8. The highest BCUT2D eigenvalue weighted by Gasteiger charge is 1.95. The summed E-state index contributed by atoms with van der Waals surface area (Å²) in [6.07, 6.45) is 35.6. The van der Waals surface area contributed by atoms with Crippen LogP contribution in [0.3, 0.4) is 0 Å². The molecule has 0 fully saturated rings. The van der Waals surface area contributed by atoms with Gasteiger partial charge >= 0.3 is 0 Å². The molecule has 0 aliphatic carbocycles. The predicted molar refractivity (Wildman–Crippen MR) is 109 cm³/mol. The van der Waals surface area contributed by atoms with E-state index < -0.39 is 0 Å². The lowest BCUT2D eigenvalue weighted by Gasteiger charge is -2.04. The summed E-state index contributed by atoms with van der Waals surface area (Å²) < 4.78 is 0. The molecule has 2 radical (unpaired) electrons. The molecule has 0 N–H and O–H groups in total. The van der Waals surface area contributed by atoms with E-state index >= 15 is 0 Å². The van der Waals surface area contributed by atoms with Crippen LogP contribution in [0.4, 0.5) is 0 Å². The van der Waals surface area contributed by atoms with Crippen molar-refractivity contribution >= 4 is 0 Å². The lowest BCUT2D eigenvalue weighted by molar-refractivity contribution is 0.523. The zero-order chi connectivity index (χ0) is 17.6. The maximum absolute atomic E-state index is 6.86. The molecule has 0 nitrogen and oxygen atoms in total. The van der Waals surface area contributed by atoms with E-state index in [4.69, 9.17) is 6.42 Å². The molecule has 0 heteroatoms. The summed E-state index contributed by atoms with van der Waals surface area (Å²) >= 11 is 0. The van der Waals surface area contributed by atoms with Gasteiger partial charge < -0.3 is 0 Å². The smallest absolute Gasteiger partial charge is 0.00989 e. The van der Waals surface area contributed by atoms with Crippen molar-refractivity contribution in [3.05, 3.63) is 13.3 Å². The van der Waals surface area contributed by atoms with Crippen LogP contribution in [0.15, 0.2) is 0 Å². The fourth-order valence-corrected chi connectivity index (χ4v) is 3.40. The Morgan fingerprint density at radius 2 is 0.667 bits per heavy atom. The fraction of sp³-hybridized carbons (Fsp3) is 0.875. The van der Waals surface area contributed by atoms with Crippen molar-refractivity contribution in [1.82, 2.24) is 0 Å². The maximum atomic E-state index is 6.86. The molecule has 0 rings (SSSR count). The van der Waals surface area contributed by atoms with Gasteiger partial charge in [-0.05, 0) is 12.8 Å². The van der Waals surface area contributed by atoms with Crippen LogP contribution in [0.25, 0.3) is 0 Å². The molecule has 0 aromatic rings. The third-order valence-electron chi connectivity index (χ3n) is 5.05. The average Bonchev–Trinajstić information content (AvgIpc) is 2.60. The van der Waals surface area contributed by atoms with Crippen LogP contribution in [-0.2, 0) is 0 Å². The summed E-state index contributed by atoms with van der Waals surface area (Å²) in [5.74, 6) is 2.47. The summed E-state index contributed by atoms with van der Waals surface area (Å²) in [7, 11) is 0. The highest BCUT2D eigenvalue weighted by Crippen LogP contribution is 2.14. The third-order valence-corrected chi connectivity index (χ3v) is 5.05. The van der Waals surface area contributed by atoms with Gasteiger partial charge in [0.2, 0.25) is 0 Å². The highest BCUT2D eigenvalue weighted by molar-refractivity contribution is 4.74. The van der Waals surface area contributed by atoms with E-state index in [-0.39, 0.29) is 0 Å². The summed E-state index contributed by atoms with van der Waals surface area (Å²) in [6.45, 7) is 3.90. The van der Waals surface area contributed by atoms with Crippen molar-refractivity contribution in [3.8, 4) is 5.92 Å². The number of hydrogen-bond acceptors (Lipinski definition) is 0. The van der Waals surface area contributed by atoms with Crippen molar-refractivity contribution in [3.63, 3.8) is 0 Å². The second kappa shape index (κ2) is 22.6. The molecule has 0 unspecified atom stereocenters. The Hall–Kier alpha value is -0.440. The van der Waals surface area contributed by atoms with Crippen LogP contribution in [0.2, 0.25) is 0 Å². The van der Waals surface area contributed by atoms with Gasteiger partial charge in [-0.1, -0.05) is 135 Å². The third kappa shape index (κ3) is 21.6. The van der Waals surface area contributed by atoms with Crippen LogP contribution in [0.1, 0.15) is 135 Å². The average molecular weight is 333 g/mol. The first kappa shape index (κ1) is 23.6. The first-order chi connectivity index (χ1) is 11.9. The van der Waals surface area contributed by atoms with E-state index in [1.54, 1.807) is 0 Å². The Bertz CT molecular complexity index is 247. The minimum Gasteiger partial charge on any atom is -0.0891 e. The van der Waals surface area contributed by atoms with E-state index in [1.165, 1.54) is 122 Å².